The van der Waals surface area contributed by atoms with E-state index in [0.29, 0.717) is 52.1 Å². The molecule has 10 heterocycles. The number of rotatable bonds is 20. The van der Waals surface area contributed by atoms with Crippen LogP contribution in [0, 0.1) is 17.8 Å². The third-order valence-corrected chi connectivity index (χ3v) is 20.6. The molecule has 13 rings (SSSR count). The van der Waals surface area contributed by atoms with Crippen molar-refractivity contribution in [1.82, 2.24) is 24.5 Å². The first kappa shape index (κ1) is 79.4. The predicted molar refractivity (Wildman–Crippen MR) is 371 cm³/mol. The Bertz CT molecular complexity index is 3370. The Balaban J connectivity index is 0.000000158. The number of likely N-dealkylation sites (tertiary alicyclic amines) is 3. The third kappa shape index (κ3) is 20.8. The first-order chi connectivity index (χ1) is 50.0. The molecule has 10 saturated heterocycles. The smallest absolute Gasteiger partial charge is 0.461 e. The Morgan fingerprint density at radius 1 is 0.467 bits per heavy atom. The van der Waals surface area contributed by atoms with Crippen LogP contribution in [0.4, 0.5) is 14.4 Å². The number of fused-ring (bicyclic) bond motifs is 5. The van der Waals surface area contributed by atoms with Crippen LogP contribution in [0.3, 0.4) is 0 Å². The van der Waals surface area contributed by atoms with Crippen LogP contribution in [-0.4, -0.2) is 268 Å². The van der Waals surface area contributed by atoms with Gasteiger partial charge in [0.25, 0.3) is 0 Å². The van der Waals surface area contributed by atoms with Gasteiger partial charge in [0, 0.05) is 47.5 Å². The van der Waals surface area contributed by atoms with Gasteiger partial charge in [-0.15, -0.1) is 0 Å². The van der Waals surface area contributed by atoms with E-state index in [-0.39, 0.29) is 62.1 Å². The number of carbonyl (C=O) groups is 6. The Labute approximate surface area is 614 Å². The summed E-state index contributed by atoms with van der Waals surface area (Å²) < 4.78 is 93.2. The molecule has 3 aromatic carbocycles. The van der Waals surface area contributed by atoms with Crippen LogP contribution in [0.25, 0.3) is 0 Å². The van der Waals surface area contributed by atoms with Crippen LogP contribution in [0.5, 0.6) is 0 Å². The maximum absolute atomic E-state index is 12.3. The lowest BCUT2D eigenvalue weighted by Crippen LogP contribution is -2.64. The van der Waals surface area contributed by atoms with E-state index in [1.807, 2.05) is 105 Å². The van der Waals surface area contributed by atoms with Crippen LogP contribution < -0.4 is 0 Å². The van der Waals surface area contributed by atoms with Crippen LogP contribution in [0.1, 0.15) is 116 Å². The molecule has 0 spiro atoms. The van der Waals surface area contributed by atoms with Gasteiger partial charge >= 0.3 is 36.2 Å². The standard InChI is InChI=1S/2C26H38N2O8.C24H31NO8/c1-25(2)35-23-22(30)20(34-24(31)27(3)4)16-33-26(23,36-25)17-28-12-10-18(11-13-28)14-21(29)32-15-19-8-6-5-7-9-19;1-25(2)35-23-22(34-24(31)27(3)4)20(29)16-33-26(23,36-25)17-28-12-10-18(11-13-28)14-21(30)32-15-19-8-6-5-7-9-19;1-23(2)32-21-20-18(30-22(27)31-20)14-29-24(21,33-23)15-25-10-8-16(9-11-25)12-19(26)28-13-17-6-4-3-5-7-17/h5-9,18,20,22-23,30H,10-17H2,1-4H3;5-9,18,20,22-23,29H,10-17H2,1-4H3;3-7,16,18,20-21H,8-15H2,1-2H3/t2*20-,22-,23+,26+;18-,20-,21+,24+/m111/s1. The molecule has 10 fully saturated rings. The zero-order valence-corrected chi connectivity index (χ0v) is 62.2. The number of benzene rings is 3. The lowest BCUT2D eigenvalue weighted by Gasteiger charge is -2.45. The van der Waals surface area contributed by atoms with Crippen molar-refractivity contribution in [2.75, 3.05) is 107 Å². The summed E-state index contributed by atoms with van der Waals surface area (Å²) >= 11 is 0. The third-order valence-electron chi connectivity index (χ3n) is 20.6. The number of piperidine rings is 3. The van der Waals surface area contributed by atoms with Gasteiger partial charge in [-0.05, 0) is 154 Å². The maximum atomic E-state index is 12.3. The molecule has 29 nitrogen and oxygen atoms in total. The molecule has 0 aliphatic carbocycles. The number of aliphatic hydroxyl groups excluding tert-OH is 2. The molecule has 10 aliphatic rings. The fourth-order valence-corrected chi connectivity index (χ4v) is 15.3. The summed E-state index contributed by atoms with van der Waals surface area (Å²) in [6, 6.07) is 29.0. The van der Waals surface area contributed by atoms with Gasteiger partial charge in [-0.2, -0.15) is 0 Å². The van der Waals surface area contributed by atoms with Crippen molar-refractivity contribution in [3.63, 3.8) is 0 Å². The summed E-state index contributed by atoms with van der Waals surface area (Å²) in [7, 11) is 6.32. The molecule has 0 bridgehead atoms. The van der Waals surface area contributed by atoms with Gasteiger partial charge in [-0.3, -0.25) is 29.1 Å². The van der Waals surface area contributed by atoms with Gasteiger partial charge in [0.15, 0.2) is 54.0 Å². The molecule has 0 unspecified atom stereocenters. The second-order valence-electron chi connectivity index (χ2n) is 30.8. The molecule has 10 aliphatic heterocycles. The number of hydrogen-bond donors (Lipinski definition) is 2. The molecule has 2 N–H and O–H groups in total. The van der Waals surface area contributed by atoms with Gasteiger partial charge in [0.1, 0.15) is 38.1 Å². The minimum atomic E-state index is -1.18. The van der Waals surface area contributed by atoms with E-state index in [2.05, 4.69) is 14.7 Å². The summed E-state index contributed by atoms with van der Waals surface area (Å²) in [6.07, 6.45) is -2.57. The van der Waals surface area contributed by atoms with E-state index in [0.717, 1.165) is 94.5 Å². The molecule has 2 amide bonds. The quantitative estimate of drug-likeness (QED) is 0.0859. The molecule has 0 saturated carbocycles. The Hall–Kier alpha value is -6.68. The summed E-state index contributed by atoms with van der Waals surface area (Å²) in [5, 5.41) is 21.6. The van der Waals surface area contributed by atoms with Crippen molar-refractivity contribution in [3.05, 3.63) is 108 Å². The van der Waals surface area contributed by atoms with Crippen molar-refractivity contribution < 1.29 is 115 Å². The van der Waals surface area contributed by atoms with Gasteiger partial charge < -0.3 is 95.8 Å². The van der Waals surface area contributed by atoms with Crippen LogP contribution in [0.15, 0.2) is 91.0 Å². The Morgan fingerprint density at radius 2 is 0.819 bits per heavy atom. The lowest BCUT2D eigenvalue weighted by molar-refractivity contribution is -0.298. The minimum Gasteiger partial charge on any atom is -0.461 e. The van der Waals surface area contributed by atoms with E-state index in [1.54, 1.807) is 55.9 Å². The summed E-state index contributed by atoms with van der Waals surface area (Å²) in [6.45, 7) is 17.8. The first-order valence-corrected chi connectivity index (χ1v) is 36.8. The molecular formula is C76H107N5O24. The van der Waals surface area contributed by atoms with E-state index < -0.39 is 108 Å². The highest BCUT2D eigenvalue weighted by atomic mass is 16.9. The predicted octanol–water partition coefficient (Wildman–Crippen LogP) is 6.89. The number of hydrogen-bond acceptors (Lipinski definition) is 27. The van der Waals surface area contributed by atoms with Crippen LogP contribution >= 0.6 is 0 Å². The minimum absolute atomic E-state index is 0.000403. The van der Waals surface area contributed by atoms with Gasteiger partial charge in [0.2, 0.25) is 17.4 Å². The lowest BCUT2D eigenvalue weighted by atomic mass is 9.91. The summed E-state index contributed by atoms with van der Waals surface area (Å²) in [5.74, 6) is -5.91. The zero-order valence-electron chi connectivity index (χ0n) is 62.2. The average molecular weight is 1470 g/mol. The van der Waals surface area contributed by atoms with Crippen LogP contribution in [-0.2, 0) is 110 Å². The highest BCUT2D eigenvalue weighted by Gasteiger charge is 2.67. The largest absolute Gasteiger partial charge is 0.509 e. The molecule has 105 heavy (non-hydrogen) atoms. The number of esters is 3. The maximum Gasteiger partial charge on any atom is 0.509 e. The first-order valence-electron chi connectivity index (χ1n) is 36.8. The highest BCUT2D eigenvalue weighted by Crippen LogP contribution is 2.48. The number of ether oxygens (including phenoxy) is 16. The van der Waals surface area contributed by atoms with Crippen molar-refractivity contribution in [2.45, 2.75) is 209 Å². The average Bonchev–Trinajstić information content (AvgIpc) is 1.61. The molecule has 29 heteroatoms. The number of carbonyl (C=O) groups excluding carboxylic acids is 6. The fourth-order valence-electron chi connectivity index (χ4n) is 15.3. The Kier molecular flexibility index (Phi) is 25.9. The van der Waals surface area contributed by atoms with Gasteiger partial charge in [0.05, 0.1) is 39.5 Å². The SMILES string of the molecule is CC1(C)O[C@H]2[C@@H]3OC(=O)O[C@@H]3CO[C@@]2(CN2CCC(CC(=O)OCc3ccccc3)CC2)O1.CN(C)C(=O)O[C@@H]1CO[C@@]2(CN3CCC(CC(=O)OCc4ccccc4)CC3)OC(C)(C)O[C@H]2[C@@H]1O.CN(C)C(=O)O[C@@H]1[C@H](O)CO[C@@]2(CN3CCC(CC(=O)OCc4ccccc4)CC3)OC(C)(C)O[C@@H]12. The number of amides is 2. The topological polar surface area (TPSA) is 307 Å². The normalized spacial score (nSPS) is 31.4. The number of aliphatic hydroxyl groups is 2. The van der Waals surface area contributed by atoms with Gasteiger partial charge in [-0.25, -0.2) is 14.4 Å². The van der Waals surface area contributed by atoms with Crippen molar-refractivity contribution >= 4 is 36.2 Å². The van der Waals surface area contributed by atoms with Crippen LogP contribution in [0.2, 0.25) is 0 Å². The molecule has 0 radical (unpaired) electrons. The molecule has 12 atom stereocenters. The highest BCUT2D eigenvalue weighted by molar-refractivity contribution is 5.71. The summed E-state index contributed by atoms with van der Waals surface area (Å²) in [5.41, 5.74) is 2.94. The number of nitrogens with zero attached hydrogens (tertiary/aromatic N) is 5. The fraction of sp³-hybridized carbons (Fsp3) is 0.684. The van der Waals surface area contributed by atoms with Crippen molar-refractivity contribution in [1.29, 1.82) is 0 Å². The second-order valence-corrected chi connectivity index (χ2v) is 30.8. The van der Waals surface area contributed by atoms with E-state index in [4.69, 9.17) is 75.8 Å². The van der Waals surface area contributed by atoms with E-state index in [9.17, 15) is 39.0 Å². The van der Waals surface area contributed by atoms with E-state index >= 15 is 0 Å². The van der Waals surface area contributed by atoms with Crippen molar-refractivity contribution in [3.8, 4) is 0 Å². The zero-order chi connectivity index (χ0) is 74.9. The van der Waals surface area contributed by atoms with Gasteiger partial charge in [-0.1, -0.05) is 91.0 Å². The van der Waals surface area contributed by atoms with E-state index in [1.165, 1.54) is 9.80 Å². The van der Waals surface area contributed by atoms with Crippen molar-refractivity contribution in [2.24, 2.45) is 17.8 Å². The Morgan fingerprint density at radius 3 is 1.23 bits per heavy atom. The molecule has 580 valence electrons. The molecule has 0 aromatic heterocycles. The molecule has 3 aromatic rings. The molecular weight excluding hydrogens is 1370 g/mol. The monoisotopic (exact) mass is 1470 g/mol. The summed E-state index contributed by atoms with van der Waals surface area (Å²) in [4.78, 5) is 82.2. The second kappa shape index (κ2) is 34.3.